The van der Waals surface area contributed by atoms with E-state index < -0.39 is 40.1 Å². The van der Waals surface area contributed by atoms with Gasteiger partial charge in [0.05, 0.1) is 16.5 Å². The minimum Gasteiger partial charge on any atom is -0.481 e. The number of thiophene rings is 1. The molecule has 1 aromatic heterocycles. The SMILES string of the molecule is O=C(O)CC(NC(=O)C1N(C(=O)Nc2ccc(Cl)c(Cl)c2)CCN1S(=O)(=O)c1cccs1)C1CCCCC1. The molecule has 0 bridgehead atoms. The van der Waals surface area contributed by atoms with E-state index in [9.17, 15) is 27.9 Å². The van der Waals surface area contributed by atoms with E-state index in [2.05, 4.69) is 10.6 Å². The quantitative estimate of drug-likeness (QED) is 0.408. The number of nitrogens with zero attached hydrogens (tertiary/aromatic N) is 2. The van der Waals surface area contributed by atoms with Crippen LogP contribution in [-0.2, 0) is 19.6 Å². The Morgan fingerprint density at radius 3 is 2.45 bits per heavy atom. The Labute approximate surface area is 234 Å². The molecule has 10 nitrogen and oxygen atoms in total. The number of hydrogen-bond donors (Lipinski definition) is 3. The molecule has 206 valence electrons. The Bertz CT molecular complexity index is 1280. The van der Waals surface area contributed by atoms with Crippen molar-refractivity contribution in [3.05, 3.63) is 45.8 Å². The smallest absolute Gasteiger partial charge is 0.323 e. The van der Waals surface area contributed by atoms with Gasteiger partial charge < -0.3 is 15.7 Å². The third-order valence-electron chi connectivity index (χ3n) is 6.79. The highest BCUT2D eigenvalue weighted by molar-refractivity contribution is 7.91. The van der Waals surface area contributed by atoms with Crippen LogP contribution in [0.1, 0.15) is 38.5 Å². The summed E-state index contributed by atoms with van der Waals surface area (Å²) in [5, 5.41) is 17.0. The van der Waals surface area contributed by atoms with Crippen LogP contribution < -0.4 is 10.6 Å². The van der Waals surface area contributed by atoms with Crippen LogP contribution in [0.15, 0.2) is 39.9 Å². The van der Waals surface area contributed by atoms with Crippen molar-refractivity contribution < 1.29 is 27.9 Å². The fraction of sp³-hybridized carbons (Fsp3) is 0.458. The third-order valence-corrected chi connectivity index (χ3v) is 10.8. The van der Waals surface area contributed by atoms with Crippen molar-refractivity contribution >= 4 is 68.2 Å². The van der Waals surface area contributed by atoms with Crippen LogP contribution in [-0.4, -0.2) is 65.9 Å². The molecule has 2 heterocycles. The van der Waals surface area contributed by atoms with Gasteiger partial charge in [-0.1, -0.05) is 48.5 Å². The first-order valence-electron chi connectivity index (χ1n) is 12.2. The first kappa shape index (κ1) is 28.6. The lowest BCUT2D eigenvalue weighted by atomic mass is 9.82. The zero-order chi connectivity index (χ0) is 27.4. The Kier molecular flexibility index (Phi) is 9.19. The lowest BCUT2D eigenvalue weighted by Crippen LogP contribution is -2.57. The maximum atomic E-state index is 13.7. The standard InChI is InChI=1S/C24H28Cl2N4O6S2/c25-17-9-8-16(13-18(17)26)27-24(34)29-10-11-30(38(35,36)21-7-4-12-37-21)23(29)22(33)28-19(14-20(31)32)15-5-2-1-3-6-15/h4,7-9,12-13,15,19,23H,1-3,5-6,10-11,14H2,(H,27,34)(H,28,33)(H,31,32). The molecule has 2 fully saturated rings. The number of halogens is 2. The van der Waals surface area contributed by atoms with Crippen LogP contribution in [0.25, 0.3) is 0 Å². The maximum absolute atomic E-state index is 13.7. The molecule has 3 N–H and O–H groups in total. The first-order valence-corrected chi connectivity index (χ1v) is 15.3. The molecule has 1 aliphatic heterocycles. The number of urea groups is 1. The molecule has 2 aromatic rings. The van der Waals surface area contributed by atoms with E-state index in [0.717, 1.165) is 52.6 Å². The summed E-state index contributed by atoms with van der Waals surface area (Å²) in [4.78, 5) is 39.7. The minimum absolute atomic E-state index is 0.0383. The molecule has 4 rings (SSSR count). The molecule has 1 saturated heterocycles. The highest BCUT2D eigenvalue weighted by Crippen LogP contribution is 2.31. The van der Waals surface area contributed by atoms with Crippen LogP contribution in [0.2, 0.25) is 10.0 Å². The van der Waals surface area contributed by atoms with Crippen LogP contribution >= 0.6 is 34.5 Å². The predicted octanol–water partition coefficient (Wildman–Crippen LogP) is 4.46. The lowest BCUT2D eigenvalue weighted by molar-refractivity contribution is -0.138. The third kappa shape index (κ3) is 6.42. The zero-order valence-electron chi connectivity index (χ0n) is 20.3. The van der Waals surface area contributed by atoms with Crippen molar-refractivity contribution in [2.75, 3.05) is 18.4 Å². The van der Waals surface area contributed by atoms with E-state index in [0.29, 0.717) is 10.7 Å². The lowest BCUT2D eigenvalue weighted by Gasteiger charge is -2.33. The van der Waals surface area contributed by atoms with Gasteiger partial charge in [-0.05, 0) is 48.4 Å². The summed E-state index contributed by atoms with van der Waals surface area (Å²) in [5.41, 5.74) is 0.314. The Morgan fingerprint density at radius 2 is 1.82 bits per heavy atom. The number of carboxylic acid groups (broad SMARTS) is 1. The summed E-state index contributed by atoms with van der Waals surface area (Å²) in [6.45, 7) is -0.164. The van der Waals surface area contributed by atoms with Crippen LogP contribution in [0.5, 0.6) is 0 Å². The highest BCUT2D eigenvalue weighted by Gasteiger charge is 2.47. The molecular formula is C24H28Cl2N4O6S2. The fourth-order valence-electron chi connectivity index (χ4n) is 4.96. The molecule has 1 aromatic carbocycles. The van der Waals surface area contributed by atoms with Gasteiger partial charge in [-0.2, -0.15) is 4.31 Å². The maximum Gasteiger partial charge on any atom is 0.323 e. The van der Waals surface area contributed by atoms with Gasteiger partial charge in [0, 0.05) is 24.8 Å². The average Bonchev–Trinajstić information content (AvgIpc) is 3.58. The van der Waals surface area contributed by atoms with Crippen molar-refractivity contribution in [2.24, 2.45) is 5.92 Å². The number of hydrogen-bond acceptors (Lipinski definition) is 6. The van der Waals surface area contributed by atoms with Crippen molar-refractivity contribution in [3.8, 4) is 0 Å². The van der Waals surface area contributed by atoms with E-state index in [1.165, 1.54) is 24.3 Å². The molecule has 1 aliphatic carbocycles. The molecule has 2 atom stereocenters. The number of carboxylic acids is 1. The minimum atomic E-state index is -4.11. The topological polar surface area (TPSA) is 136 Å². The molecule has 1 saturated carbocycles. The van der Waals surface area contributed by atoms with Gasteiger partial charge in [-0.15, -0.1) is 11.3 Å². The normalized spacial score (nSPS) is 19.7. The second-order valence-electron chi connectivity index (χ2n) is 9.28. The highest BCUT2D eigenvalue weighted by atomic mass is 35.5. The van der Waals surface area contributed by atoms with Crippen LogP contribution in [0.3, 0.4) is 0 Å². The molecule has 2 unspecified atom stereocenters. The molecule has 0 radical (unpaired) electrons. The summed E-state index contributed by atoms with van der Waals surface area (Å²) in [5.74, 6) is -1.86. The van der Waals surface area contributed by atoms with Gasteiger partial charge in [0.2, 0.25) is 0 Å². The van der Waals surface area contributed by atoms with Crippen LogP contribution in [0.4, 0.5) is 10.5 Å². The summed E-state index contributed by atoms with van der Waals surface area (Å²) < 4.78 is 27.9. The van der Waals surface area contributed by atoms with Gasteiger partial charge in [0.25, 0.3) is 15.9 Å². The van der Waals surface area contributed by atoms with Crippen LogP contribution in [0, 0.1) is 5.92 Å². The summed E-state index contributed by atoms with van der Waals surface area (Å²) in [6.07, 6.45) is 2.63. The molecule has 0 spiro atoms. The molecule has 38 heavy (non-hydrogen) atoms. The summed E-state index contributed by atoms with van der Waals surface area (Å²) >= 11 is 13.0. The number of sulfonamides is 1. The molecule has 3 amide bonds. The van der Waals surface area contributed by atoms with E-state index in [4.69, 9.17) is 23.2 Å². The number of carbonyl (C=O) groups is 3. The van der Waals surface area contributed by atoms with Crippen molar-refractivity contribution in [1.82, 2.24) is 14.5 Å². The average molecular weight is 604 g/mol. The Hall–Kier alpha value is -2.38. The van der Waals surface area contributed by atoms with Gasteiger partial charge in [-0.3, -0.25) is 14.5 Å². The number of carbonyl (C=O) groups excluding carboxylic acids is 2. The summed E-state index contributed by atoms with van der Waals surface area (Å²) in [7, 11) is -4.11. The van der Waals surface area contributed by atoms with Gasteiger partial charge in [0.15, 0.2) is 6.17 Å². The van der Waals surface area contributed by atoms with E-state index in [-0.39, 0.29) is 34.7 Å². The predicted molar refractivity (Wildman–Crippen MR) is 145 cm³/mol. The molecule has 2 aliphatic rings. The van der Waals surface area contributed by atoms with Crippen molar-refractivity contribution in [3.63, 3.8) is 0 Å². The monoisotopic (exact) mass is 602 g/mol. The van der Waals surface area contributed by atoms with E-state index in [1.807, 2.05) is 0 Å². The van der Waals surface area contributed by atoms with Crippen molar-refractivity contribution in [1.29, 1.82) is 0 Å². The second kappa shape index (κ2) is 12.2. The number of nitrogens with one attached hydrogen (secondary N) is 2. The van der Waals surface area contributed by atoms with Gasteiger partial charge >= 0.3 is 12.0 Å². The largest absolute Gasteiger partial charge is 0.481 e. The zero-order valence-corrected chi connectivity index (χ0v) is 23.5. The Balaban J connectivity index is 1.62. The number of aliphatic carboxylic acids is 1. The van der Waals surface area contributed by atoms with E-state index >= 15 is 0 Å². The van der Waals surface area contributed by atoms with Gasteiger partial charge in [0.1, 0.15) is 4.21 Å². The Morgan fingerprint density at radius 1 is 1.08 bits per heavy atom. The van der Waals surface area contributed by atoms with E-state index in [1.54, 1.807) is 11.4 Å². The first-order chi connectivity index (χ1) is 18.1. The number of rotatable bonds is 8. The fourth-order valence-corrected chi connectivity index (χ4v) is 7.92. The number of amides is 3. The number of anilines is 1. The second-order valence-corrected chi connectivity index (χ2v) is 13.2. The summed E-state index contributed by atoms with van der Waals surface area (Å²) in [6, 6.07) is 6.10. The molecule has 14 heteroatoms. The van der Waals surface area contributed by atoms with Crippen molar-refractivity contribution in [2.45, 2.75) is 54.9 Å². The molecular weight excluding hydrogens is 575 g/mol. The van der Waals surface area contributed by atoms with Gasteiger partial charge in [-0.25, -0.2) is 13.2 Å². The number of benzene rings is 1.